The molecule has 0 aromatic heterocycles. The number of hydrogen-bond donors (Lipinski definition) is 2. The molecule has 0 bridgehead atoms. The van der Waals surface area contributed by atoms with Crippen LogP contribution in [0.2, 0.25) is 0 Å². The van der Waals surface area contributed by atoms with Gasteiger partial charge in [-0.15, -0.1) is 0 Å². The molecular formula is C16H30O5. The molecule has 21 heavy (non-hydrogen) atoms. The van der Waals surface area contributed by atoms with Gasteiger partial charge in [0, 0.05) is 13.2 Å². The Kier molecular flexibility index (Phi) is 8.55. The summed E-state index contributed by atoms with van der Waals surface area (Å²) in [4.78, 5) is 22.4. The van der Waals surface area contributed by atoms with Gasteiger partial charge in [0.2, 0.25) is 0 Å². The zero-order valence-electron chi connectivity index (χ0n) is 13.8. The number of carboxylic acids is 2. The van der Waals surface area contributed by atoms with Gasteiger partial charge in [0.1, 0.15) is 0 Å². The standard InChI is InChI=1S/C16H30O5/c1-5-8-16(4,14(19)20)9-7-11-21-12-10-15(3,6-2)13(17)18/h5-12H2,1-4H3,(H,17,18)(H,19,20). The highest BCUT2D eigenvalue weighted by Gasteiger charge is 2.32. The van der Waals surface area contributed by atoms with E-state index in [-0.39, 0.29) is 0 Å². The van der Waals surface area contributed by atoms with E-state index in [9.17, 15) is 14.7 Å². The van der Waals surface area contributed by atoms with E-state index in [1.54, 1.807) is 13.8 Å². The quantitative estimate of drug-likeness (QED) is 0.538. The lowest BCUT2D eigenvalue weighted by Gasteiger charge is -2.24. The van der Waals surface area contributed by atoms with Crippen molar-refractivity contribution in [2.45, 2.75) is 66.2 Å². The minimum absolute atomic E-state index is 0.397. The van der Waals surface area contributed by atoms with Crippen molar-refractivity contribution in [3.05, 3.63) is 0 Å². The number of hydrogen-bond acceptors (Lipinski definition) is 3. The number of carbonyl (C=O) groups is 2. The van der Waals surface area contributed by atoms with Gasteiger partial charge in [0.15, 0.2) is 0 Å². The fourth-order valence-corrected chi connectivity index (χ4v) is 2.29. The second-order valence-electron chi connectivity index (χ2n) is 6.30. The Morgan fingerprint density at radius 3 is 1.90 bits per heavy atom. The van der Waals surface area contributed by atoms with Crippen molar-refractivity contribution >= 4 is 11.9 Å². The average Bonchev–Trinajstić information content (AvgIpc) is 2.42. The van der Waals surface area contributed by atoms with E-state index < -0.39 is 22.8 Å². The molecule has 5 heteroatoms. The Morgan fingerprint density at radius 2 is 1.48 bits per heavy atom. The second kappa shape index (κ2) is 9.03. The molecule has 0 saturated carbocycles. The summed E-state index contributed by atoms with van der Waals surface area (Å²) in [5.74, 6) is -1.55. The molecule has 0 aliphatic heterocycles. The molecule has 0 fully saturated rings. The first-order valence-electron chi connectivity index (χ1n) is 7.76. The maximum Gasteiger partial charge on any atom is 0.309 e. The van der Waals surface area contributed by atoms with Crippen molar-refractivity contribution in [1.29, 1.82) is 0 Å². The maximum atomic E-state index is 11.3. The zero-order valence-corrected chi connectivity index (χ0v) is 13.8. The fraction of sp³-hybridized carbons (Fsp3) is 0.875. The third kappa shape index (κ3) is 6.46. The van der Waals surface area contributed by atoms with Gasteiger partial charge in [0.25, 0.3) is 0 Å². The van der Waals surface area contributed by atoms with Crippen molar-refractivity contribution in [2.75, 3.05) is 13.2 Å². The number of carboxylic acid groups (broad SMARTS) is 2. The third-order valence-corrected chi connectivity index (χ3v) is 4.43. The summed E-state index contributed by atoms with van der Waals surface area (Å²) in [6.45, 7) is 8.21. The fourth-order valence-electron chi connectivity index (χ4n) is 2.29. The highest BCUT2D eigenvalue weighted by molar-refractivity contribution is 5.74. The van der Waals surface area contributed by atoms with Crippen molar-refractivity contribution < 1.29 is 24.5 Å². The maximum absolute atomic E-state index is 11.3. The number of rotatable bonds is 12. The summed E-state index contributed by atoms with van der Waals surface area (Å²) < 4.78 is 5.48. The first-order valence-corrected chi connectivity index (χ1v) is 7.76. The zero-order chi connectivity index (χ0) is 16.5. The molecule has 0 saturated heterocycles. The van der Waals surface area contributed by atoms with Crippen LogP contribution in [0.15, 0.2) is 0 Å². The second-order valence-corrected chi connectivity index (χ2v) is 6.30. The van der Waals surface area contributed by atoms with Gasteiger partial charge in [-0.1, -0.05) is 20.3 Å². The van der Waals surface area contributed by atoms with Gasteiger partial charge >= 0.3 is 11.9 Å². The third-order valence-electron chi connectivity index (χ3n) is 4.43. The van der Waals surface area contributed by atoms with Crippen LogP contribution in [0.5, 0.6) is 0 Å². The molecule has 0 aliphatic rings. The van der Waals surface area contributed by atoms with Crippen LogP contribution in [0, 0.1) is 10.8 Å². The Balaban J connectivity index is 4.01. The minimum Gasteiger partial charge on any atom is -0.481 e. The summed E-state index contributed by atoms with van der Waals surface area (Å²) in [6, 6.07) is 0. The number of ether oxygens (including phenoxy) is 1. The average molecular weight is 302 g/mol. The van der Waals surface area contributed by atoms with Crippen molar-refractivity contribution in [2.24, 2.45) is 10.8 Å². The van der Waals surface area contributed by atoms with E-state index >= 15 is 0 Å². The summed E-state index contributed by atoms with van der Waals surface area (Å²) >= 11 is 0. The van der Waals surface area contributed by atoms with Crippen LogP contribution < -0.4 is 0 Å². The van der Waals surface area contributed by atoms with Crippen LogP contribution in [0.4, 0.5) is 0 Å². The molecule has 0 aromatic carbocycles. The summed E-state index contributed by atoms with van der Waals surface area (Å²) in [7, 11) is 0. The lowest BCUT2D eigenvalue weighted by Crippen LogP contribution is -2.29. The lowest BCUT2D eigenvalue weighted by atomic mass is 9.81. The van der Waals surface area contributed by atoms with Crippen LogP contribution in [-0.4, -0.2) is 35.4 Å². The molecule has 0 aromatic rings. The predicted octanol–water partition coefficient (Wildman–Crippen LogP) is 3.57. The Labute approximate surface area is 127 Å². The molecule has 2 unspecified atom stereocenters. The van der Waals surface area contributed by atoms with Gasteiger partial charge in [-0.25, -0.2) is 0 Å². The highest BCUT2D eigenvalue weighted by Crippen LogP contribution is 2.30. The Hall–Kier alpha value is -1.10. The smallest absolute Gasteiger partial charge is 0.309 e. The largest absolute Gasteiger partial charge is 0.481 e. The first-order chi connectivity index (χ1) is 9.72. The molecule has 5 nitrogen and oxygen atoms in total. The normalized spacial score (nSPS) is 17.0. The predicted molar refractivity (Wildman–Crippen MR) is 81.4 cm³/mol. The molecule has 0 aliphatic carbocycles. The summed E-state index contributed by atoms with van der Waals surface area (Å²) in [6.07, 6.45) is 3.81. The van der Waals surface area contributed by atoms with E-state index in [4.69, 9.17) is 9.84 Å². The minimum atomic E-state index is -0.796. The van der Waals surface area contributed by atoms with Crippen LogP contribution in [-0.2, 0) is 14.3 Å². The number of aliphatic carboxylic acids is 2. The molecule has 0 radical (unpaired) electrons. The van der Waals surface area contributed by atoms with E-state index in [1.807, 2.05) is 13.8 Å². The van der Waals surface area contributed by atoms with Gasteiger partial charge in [-0.2, -0.15) is 0 Å². The van der Waals surface area contributed by atoms with E-state index in [0.717, 1.165) is 6.42 Å². The van der Waals surface area contributed by atoms with Crippen molar-refractivity contribution in [3.8, 4) is 0 Å². The first kappa shape index (κ1) is 19.9. The molecule has 124 valence electrons. The molecule has 2 N–H and O–H groups in total. The molecule has 0 spiro atoms. The van der Waals surface area contributed by atoms with Crippen LogP contribution in [0.3, 0.4) is 0 Å². The van der Waals surface area contributed by atoms with E-state index in [0.29, 0.717) is 45.3 Å². The molecular weight excluding hydrogens is 272 g/mol. The summed E-state index contributed by atoms with van der Waals surface area (Å²) in [5.41, 5.74) is -1.42. The summed E-state index contributed by atoms with van der Waals surface area (Å²) in [5, 5.41) is 18.4. The molecule has 0 amide bonds. The van der Waals surface area contributed by atoms with E-state index in [1.165, 1.54) is 0 Å². The topological polar surface area (TPSA) is 83.8 Å². The lowest BCUT2D eigenvalue weighted by molar-refractivity contribution is -0.150. The van der Waals surface area contributed by atoms with Crippen molar-refractivity contribution in [3.63, 3.8) is 0 Å². The van der Waals surface area contributed by atoms with Gasteiger partial charge in [-0.3, -0.25) is 9.59 Å². The monoisotopic (exact) mass is 302 g/mol. The molecule has 0 heterocycles. The van der Waals surface area contributed by atoms with Gasteiger partial charge in [0.05, 0.1) is 10.8 Å². The molecule has 0 rings (SSSR count). The van der Waals surface area contributed by atoms with Gasteiger partial charge in [-0.05, 0) is 46.0 Å². The van der Waals surface area contributed by atoms with Crippen LogP contribution in [0.25, 0.3) is 0 Å². The van der Waals surface area contributed by atoms with Gasteiger partial charge < -0.3 is 14.9 Å². The SMILES string of the molecule is CCCC(C)(CCCOCCC(C)(CC)C(=O)O)C(=O)O. The van der Waals surface area contributed by atoms with E-state index in [2.05, 4.69) is 0 Å². The van der Waals surface area contributed by atoms with Crippen molar-refractivity contribution in [1.82, 2.24) is 0 Å². The van der Waals surface area contributed by atoms with Crippen LogP contribution in [0.1, 0.15) is 66.2 Å². The molecule has 2 atom stereocenters. The van der Waals surface area contributed by atoms with Crippen LogP contribution >= 0.6 is 0 Å². The highest BCUT2D eigenvalue weighted by atomic mass is 16.5. The Bertz CT molecular complexity index is 342. The Morgan fingerprint density at radius 1 is 0.905 bits per heavy atom.